The summed E-state index contributed by atoms with van der Waals surface area (Å²) in [5.41, 5.74) is 1.08. The second-order valence-corrected chi connectivity index (χ2v) is 5.18. The van der Waals surface area contributed by atoms with Crippen molar-refractivity contribution in [2.45, 2.75) is 46.7 Å². The number of nitrogens with one attached hydrogen (secondary N) is 1. The lowest BCUT2D eigenvalue weighted by Crippen LogP contribution is -2.13. The molecule has 0 bridgehead atoms. The van der Waals surface area contributed by atoms with Crippen LogP contribution >= 0.6 is 0 Å². The van der Waals surface area contributed by atoms with Crippen LogP contribution in [-0.2, 0) is 13.1 Å². The minimum absolute atomic E-state index is 0.231. The van der Waals surface area contributed by atoms with E-state index < -0.39 is 0 Å². The van der Waals surface area contributed by atoms with Crippen LogP contribution in [0.5, 0.6) is 0 Å². The van der Waals surface area contributed by atoms with Crippen LogP contribution in [0.25, 0.3) is 0 Å². The molecule has 94 valence electrons. The Morgan fingerprint density at radius 2 is 2.24 bits per heavy atom. The molecule has 0 radical (unpaired) electrons. The minimum Gasteiger partial charge on any atom is -0.354 e. The van der Waals surface area contributed by atoms with Gasteiger partial charge in [0.25, 0.3) is 0 Å². The summed E-state index contributed by atoms with van der Waals surface area (Å²) in [5, 5.41) is 12.3. The first kappa shape index (κ1) is 13.8. The highest BCUT2D eigenvalue weighted by atomic mass is 14.9. The molecule has 0 aliphatic carbocycles. The second-order valence-electron chi connectivity index (χ2n) is 5.18. The summed E-state index contributed by atoms with van der Waals surface area (Å²) in [6, 6.07) is 4.48. The molecule has 0 aliphatic heterocycles. The van der Waals surface area contributed by atoms with E-state index in [4.69, 9.17) is 5.26 Å². The first-order chi connectivity index (χ1) is 8.07. The maximum Gasteiger partial charge on any atom is 0.0684 e. The molecule has 1 aromatic rings. The van der Waals surface area contributed by atoms with E-state index in [2.05, 4.69) is 41.3 Å². The fraction of sp³-hybridized carbons (Fsp3) is 0.643. The molecule has 0 amide bonds. The largest absolute Gasteiger partial charge is 0.354 e. The topological polar surface area (TPSA) is 40.8 Å². The molecular weight excluding hydrogens is 210 g/mol. The van der Waals surface area contributed by atoms with Gasteiger partial charge in [-0.25, -0.2) is 0 Å². The van der Waals surface area contributed by atoms with E-state index in [1.54, 1.807) is 0 Å². The summed E-state index contributed by atoms with van der Waals surface area (Å²) in [6.45, 7) is 9.05. The summed E-state index contributed by atoms with van der Waals surface area (Å²) < 4.78 is 2.17. The van der Waals surface area contributed by atoms with Gasteiger partial charge in [-0.1, -0.05) is 6.92 Å². The minimum atomic E-state index is -0.231. The zero-order valence-corrected chi connectivity index (χ0v) is 11.2. The van der Waals surface area contributed by atoms with Crippen molar-refractivity contribution in [2.24, 2.45) is 5.41 Å². The molecule has 0 unspecified atom stereocenters. The highest BCUT2D eigenvalue weighted by Crippen LogP contribution is 2.19. The SMILES string of the molecule is CCCNCc1ccn(CCC(C)(C)C#N)c1. The van der Waals surface area contributed by atoms with E-state index in [1.807, 2.05) is 13.8 Å². The zero-order valence-electron chi connectivity index (χ0n) is 11.2. The summed E-state index contributed by atoms with van der Waals surface area (Å²) in [4.78, 5) is 0. The average molecular weight is 233 g/mol. The molecule has 0 atom stereocenters. The fourth-order valence-corrected chi connectivity index (χ4v) is 1.61. The number of aryl methyl sites for hydroxylation is 1. The average Bonchev–Trinajstić information content (AvgIpc) is 2.75. The third kappa shape index (κ3) is 5.06. The molecule has 3 nitrogen and oxygen atoms in total. The van der Waals surface area contributed by atoms with Crippen molar-refractivity contribution < 1.29 is 0 Å². The molecule has 1 heterocycles. The Kier molecular flexibility index (Phi) is 5.24. The second kappa shape index (κ2) is 6.46. The van der Waals surface area contributed by atoms with Gasteiger partial charge in [-0.2, -0.15) is 5.26 Å². The summed E-state index contributed by atoms with van der Waals surface area (Å²) >= 11 is 0. The van der Waals surface area contributed by atoms with Gasteiger partial charge in [0.2, 0.25) is 0 Å². The molecule has 3 heteroatoms. The Morgan fingerprint density at radius 1 is 1.47 bits per heavy atom. The lowest BCUT2D eigenvalue weighted by Gasteiger charge is -2.14. The molecule has 1 N–H and O–H groups in total. The molecule has 0 fully saturated rings. The number of hydrogen-bond acceptors (Lipinski definition) is 2. The Morgan fingerprint density at radius 3 is 2.88 bits per heavy atom. The van der Waals surface area contributed by atoms with E-state index in [1.165, 1.54) is 5.56 Å². The van der Waals surface area contributed by atoms with Crippen LogP contribution in [0.15, 0.2) is 18.5 Å². The van der Waals surface area contributed by atoms with Gasteiger partial charge < -0.3 is 9.88 Å². The molecule has 0 aliphatic rings. The Hall–Kier alpha value is -1.27. The van der Waals surface area contributed by atoms with Gasteiger partial charge in [-0.3, -0.25) is 0 Å². The van der Waals surface area contributed by atoms with Crippen LogP contribution in [-0.4, -0.2) is 11.1 Å². The van der Waals surface area contributed by atoms with E-state index >= 15 is 0 Å². The van der Waals surface area contributed by atoms with E-state index in [0.717, 1.165) is 32.5 Å². The van der Waals surface area contributed by atoms with Crippen molar-refractivity contribution in [1.82, 2.24) is 9.88 Å². The van der Waals surface area contributed by atoms with E-state index in [-0.39, 0.29) is 5.41 Å². The smallest absolute Gasteiger partial charge is 0.0684 e. The molecule has 1 aromatic heterocycles. The zero-order chi connectivity index (χ0) is 12.7. The van der Waals surface area contributed by atoms with Crippen LogP contribution in [0.1, 0.15) is 39.2 Å². The predicted octanol–water partition coefficient (Wildman–Crippen LogP) is 2.93. The van der Waals surface area contributed by atoms with Crippen molar-refractivity contribution in [3.05, 3.63) is 24.0 Å². The Balaban J connectivity index is 2.38. The van der Waals surface area contributed by atoms with Gasteiger partial charge in [-0.15, -0.1) is 0 Å². The van der Waals surface area contributed by atoms with Crippen LogP contribution in [0.3, 0.4) is 0 Å². The molecule has 0 saturated carbocycles. The molecule has 0 spiro atoms. The van der Waals surface area contributed by atoms with E-state index in [9.17, 15) is 0 Å². The molecular formula is C14H23N3. The highest BCUT2D eigenvalue weighted by molar-refractivity contribution is 5.10. The van der Waals surface area contributed by atoms with Gasteiger partial charge in [0, 0.05) is 25.5 Å². The van der Waals surface area contributed by atoms with Gasteiger partial charge in [0.15, 0.2) is 0 Å². The summed E-state index contributed by atoms with van der Waals surface area (Å²) in [6.07, 6.45) is 6.31. The molecule has 1 rings (SSSR count). The number of rotatable bonds is 7. The summed E-state index contributed by atoms with van der Waals surface area (Å²) in [5.74, 6) is 0. The maximum atomic E-state index is 8.95. The first-order valence-corrected chi connectivity index (χ1v) is 6.34. The van der Waals surface area contributed by atoms with Crippen molar-refractivity contribution in [1.29, 1.82) is 5.26 Å². The van der Waals surface area contributed by atoms with Crippen LogP contribution in [0, 0.1) is 16.7 Å². The van der Waals surface area contributed by atoms with Crippen molar-refractivity contribution in [3.63, 3.8) is 0 Å². The highest BCUT2D eigenvalue weighted by Gasteiger charge is 2.15. The van der Waals surface area contributed by atoms with Crippen molar-refractivity contribution in [3.8, 4) is 6.07 Å². The monoisotopic (exact) mass is 233 g/mol. The molecule has 17 heavy (non-hydrogen) atoms. The van der Waals surface area contributed by atoms with Crippen molar-refractivity contribution >= 4 is 0 Å². The summed E-state index contributed by atoms with van der Waals surface area (Å²) in [7, 11) is 0. The third-order valence-corrected chi connectivity index (χ3v) is 2.87. The molecule has 0 saturated heterocycles. The number of aromatic nitrogens is 1. The standard InChI is InChI=1S/C14H23N3/c1-4-7-16-10-13-5-8-17(11-13)9-6-14(2,3)12-15/h5,8,11,16H,4,6-7,9-10H2,1-3H3. The van der Waals surface area contributed by atoms with Crippen molar-refractivity contribution in [2.75, 3.05) is 6.54 Å². The van der Waals surface area contributed by atoms with Crippen LogP contribution in [0.2, 0.25) is 0 Å². The van der Waals surface area contributed by atoms with Gasteiger partial charge in [0.05, 0.1) is 11.5 Å². The molecule has 0 aromatic carbocycles. The number of hydrogen-bond donors (Lipinski definition) is 1. The van der Waals surface area contributed by atoms with E-state index in [0.29, 0.717) is 0 Å². The Labute approximate surface area is 104 Å². The maximum absolute atomic E-state index is 8.95. The van der Waals surface area contributed by atoms with Gasteiger partial charge >= 0.3 is 0 Å². The Bertz CT molecular complexity index is 371. The lowest BCUT2D eigenvalue weighted by molar-refractivity contribution is 0.413. The lowest BCUT2D eigenvalue weighted by atomic mass is 9.91. The van der Waals surface area contributed by atoms with Crippen LogP contribution in [0.4, 0.5) is 0 Å². The number of nitrogens with zero attached hydrogens (tertiary/aromatic N) is 2. The normalized spacial score (nSPS) is 11.4. The fourth-order valence-electron chi connectivity index (χ4n) is 1.61. The van der Waals surface area contributed by atoms with Gasteiger partial charge in [-0.05, 0) is 44.9 Å². The first-order valence-electron chi connectivity index (χ1n) is 6.34. The quantitative estimate of drug-likeness (QED) is 0.736. The third-order valence-electron chi connectivity index (χ3n) is 2.87. The predicted molar refractivity (Wildman–Crippen MR) is 70.4 cm³/mol. The number of nitriles is 1. The van der Waals surface area contributed by atoms with Gasteiger partial charge in [0.1, 0.15) is 0 Å². The van der Waals surface area contributed by atoms with Crippen LogP contribution < -0.4 is 5.32 Å².